The molecule has 1 aliphatic heterocycles. The van der Waals surface area contributed by atoms with Crippen LogP contribution in [0.4, 0.5) is 0 Å². The predicted octanol–water partition coefficient (Wildman–Crippen LogP) is 3.08. The summed E-state index contributed by atoms with van der Waals surface area (Å²) >= 11 is 0. The summed E-state index contributed by atoms with van der Waals surface area (Å²) in [6.45, 7) is 5.80. The number of likely N-dealkylation sites (tertiary alicyclic amines) is 1. The van der Waals surface area contributed by atoms with Gasteiger partial charge in [0.2, 0.25) is 0 Å². The number of aldehydes is 1. The molecule has 0 amide bonds. The number of carbonyl (C=O) groups is 1. The summed E-state index contributed by atoms with van der Waals surface area (Å²) < 4.78 is 0. The van der Waals surface area contributed by atoms with Crippen molar-refractivity contribution >= 4 is 6.29 Å². The lowest BCUT2D eigenvalue weighted by Crippen LogP contribution is -2.25. The van der Waals surface area contributed by atoms with E-state index in [0.717, 1.165) is 31.1 Å². The lowest BCUT2D eigenvalue weighted by molar-refractivity contribution is -0.111. The highest BCUT2D eigenvalue weighted by Crippen LogP contribution is 2.29. The molecule has 0 bridgehead atoms. The molecule has 0 aromatic carbocycles. The molecule has 1 saturated heterocycles. The number of carbonyl (C=O) groups excluding carboxylic acids is 1. The van der Waals surface area contributed by atoms with E-state index in [-0.39, 0.29) is 6.04 Å². The Labute approximate surface area is 119 Å². The SMILES string of the molecule is CC(C)C1CCCCC1.CN.CN1CCC[C@H]1C=O. The fraction of sp³-hybridized carbons (Fsp3) is 0.938. The maximum atomic E-state index is 10.2. The Bertz CT molecular complexity index is 213. The third-order valence-electron chi connectivity index (χ3n) is 4.33. The van der Waals surface area contributed by atoms with Crippen LogP contribution in [0.2, 0.25) is 0 Å². The zero-order chi connectivity index (χ0) is 14.7. The third-order valence-corrected chi connectivity index (χ3v) is 4.33. The highest BCUT2D eigenvalue weighted by Gasteiger charge is 2.18. The molecule has 1 saturated carbocycles. The van der Waals surface area contributed by atoms with Crippen LogP contribution < -0.4 is 5.73 Å². The van der Waals surface area contributed by atoms with Crippen LogP contribution in [0, 0.1) is 11.8 Å². The molecule has 1 aliphatic carbocycles. The highest BCUT2D eigenvalue weighted by atomic mass is 16.1. The molecule has 114 valence electrons. The average molecular weight is 270 g/mol. The molecule has 3 nitrogen and oxygen atoms in total. The van der Waals surface area contributed by atoms with Gasteiger partial charge in [0, 0.05) is 0 Å². The van der Waals surface area contributed by atoms with E-state index in [4.69, 9.17) is 0 Å². The largest absolute Gasteiger partial charge is 0.333 e. The van der Waals surface area contributed by atoms with Crippen LogP contribution in [0.5, 0.6) is 0 Å². The van der Waals surface area contributed by atoms with Gasteiger partial charge in [-0.2, -0.15) is 0 Å². The van der Waals surface area contributed by atoms with Crippen molar-refractivity contribution in [2.45, 2.75) is 64.8 Å². The fourth-order valence-electron chi connectivity index (χ4n) is 2.91. The van der Waals surface area contributed by atoms with Crippen molar-refractivity contribution in [1.82, 2.24) is 4.90 Å². The summed E-state index contributed by atoms with van der Waals surface area (Å²) in [6, 6.07) is 0.218. The van der Waals surface area contributed by atoms with Crippen LogP contribution in [-0.4, -0.2) is 37.9 Å². The van der Waals surface area contributed by atoms with E-state index in [1.165, 1.54) is 45.6 Å². The van der Waals surface area contributed by atoms with E-state index < -0.39 is 0 Å². The number of nitrogens with zero attached hydrogens (tertiary/aromatic N) is 1. The van der Waals surface area contributed by atoms with Gasteiger partial charge in [-0.1, -0.05) is 46.0 Å². The summed E-state index contributed by atoms with van der Waals surface area (Å²) in [6.07, 6.45) is 10.7. The van der Waals surface area contributed by atoms with Gasteiger partial charge >= 0.3 is 0 Å². The van der Waals surface area contributed by atoms with E-state index in [2.05, 4.69) is 24.5 Å². The van der Waals surface area contributed by atoms with Crippen LogP contribution in [-0.2, 0) is 4.79 Å². The molecular formula is C16H34N2O. The normalized spacial score (nSPS) is 24.2. The topological polar surface area (TPSA) is 46.3 Å². The van der Waals surface area contributed by atoms with Crippen molar-refractivity contribution in [2.24, 2.45) is 17.6 Å². The second kappa shape index (κ2) is 11.4. The van der Waals surface area contributed by atoms with Crippen LogP contribution in [0.3, 0.4) is 0 Å². The summed E-state index contributed by atoms with van der Waals surface area (Å²) in [7, 11) is 3.49. The van der Waals surface area contributed by atoms with E-state index >= 15 is 0 Å². The first-order valence-electron chi connectivity index (χ1n) is 7.88. The van der Waals surface area contributed by atoms with Gasteiger partial charge in [-0.15, -0.1) is 0 Å². The van der Waals surface area contributed by atoms with Crippen LogP contribution in [0.25, 0.3) is 0 Å². The monoisotopic (exact) mass is 270 g/mol. The minimum absolute atomic E-state index is 0.218. The number of hydrogen-bond donors (Lipinski definition) is 1. The number of hydrogen-bond acceptors (Lipinski definition) is 3. The molecule has 1 heterocycles. The quantitative estimate of drug-likeness (QED) is 0.784. The molecule has 2 aliphatic rings. The maximum absolute atomic E-state index is 10.2. The molecule has 1 atom stereocenters. The number of nitrogens with two attached hydrogens (primary N) is 1. The highest BCUT2D eigenvalue weighted by molar-refractivity contribution is 5.57. The molecule has 3 heteroatoms. The summed E-state index contributed by atoms with van der Waals surface area (Å²) in [5, 5.41) is 0. The van der Waals surface area contributed by atoms with Gasteiger partial charge in [0.05, 0.1) is 6.04 Å². The number of rotatable bonds is 2. The number of likely N-dealkylation sites (N-methyl/N-ethyl adjacent to an activating group) is 1. The molecule has 2 fully saturated rings. The minimum Gasteiger partial charge on any atom is -0.333 e. The Morgan fingerprint density at radius 2 is 1.63 bits per heavy atom. The van der Waals surface area contributed by atoms with Crippen molar-refractivity contribution in [2.75, 3.05) is 20.6 Å². The van der Waals surface area contributed by atoms with Gasteiger partial charge in [0.25, 0.3) is 0 Å². The first-order chi connectivity index (χ1) is 9.15. The van der Waals surface area contributed by atoms with Crippen LogP contribution in [0.15, 0.2) is 0 Å². The molecule has 0 unspecified atom stereocenters. The van der Waals surface area contributed by atoms with E-state index in [1.54, 1.807) is 0 Å². The zero-order valence-electron chi connectivity index (χ0n) is 13.4. The van der Waals surface area contributed by atoms with Gasteiger partial charge in [-0.25, -0.2) is 0 Å². The second-order valence-corrected chi connectivity index (χ2v) is 5.97. The predicted molar refractivity (Wildman–Crippen MR) is 83.2 cm³/mol. The molecule has 0 radical (unpaired) electrons. The lowest BCUT2D eigenvalue weighted by atomic mass is 9.82. The average Bonchev–Trinajstić information content (AvgIpc) is 2.88. The van der Waals surface area contributed by atoms with Crippen molar-refractivity contribution in [1.29, 1.82) is 0 Å². The molecular weight excluding hydrogens is 236 g/mol. The summed E-state index contributed by atoms with van der Waals surface area (Å²) in [4.78, 5) is 12.3. The Hall–Kier alpha value is -0.410. The van der Waals surface area contributed by atoms with Crippen molar-refractivity contribution in [3.8, 4) is 0 Å². The lowest BCUT2D eigenvalue weighted by Gasteiger charge is -2.24. The Morgan fingerprint density at radius 1 is 1.05 bits per heavy atom. The second-order valence-electron chi connectivity index (χ2n) is 5.97. The summed E-state index contributed by atoms with van der Waals surface area (Å²) in [5.74, 6) is 1.99. The first kappa shape index (κ1) is 18.6. The van der Waals surface area contributed by atoms with Gasteiger partial charge in [0.1, 0.15) is 6.29 Å². The van der Waals surface area contributed by atoms with Gasteiger partial charge in [-0.3, -0.25) is 4.90 Å². The van der Waals surface area contributed by atoms with E-state index in [9.17, 15) is 4.79 Å². The van der Waals surface area contributed by atoms with E-state index in [1.807, 2.05) is 7.05 Å². The van der Waals surface area contributed by atoms with Gasteiger partial charge in [0.15, 0.2) is 0 Å². The summed E-state index contributed by atoms with van der Waals surface area (Å²) in [5.41, 5.74) is 4.50. The Morgan fingerprint density at radius 3 is 1.89 bits per heavy atom. The molecule has 0 spiro atoms. The van der Waals surface area contributed by atoms with Gasteiger partial charge in [-0.05, 0) is 45.3 Å². The third kappa shape index (κ3) is 7.68. The van der Waals surface area contributed by atoms with E-state index in [0.29, 0.717) is 0 Å². The van der Waals surface area contributed by atoms with Crippen molar-refractivity contribution in [3.63, 3.8) is 0 Å². The van der Waals surface area contributed by atoms with Crippen LogP contribution in [0.1, 0.15) is 58.8 Å². The molecule has 19 heavy (non-hydrogen) atoms. The van der Waals surface area contributed by atoms with Crippen molar-refractivity contribution < 1.29 is 4.79 Å². The Kier molecular flexibility index (Phi) is 11.2. The molecule has 0 aromatic heterocycles. The van der Waals surface area contributed by atoms with Crippen LogP contribution >= 0.6 is 0 Å². The standard InChI is InChI=1S/C9H18.C6H11NO.CH5N/c1-8(2)9-6-4-3-5-7-9;1-7-4-2-3-6(7)5-8;1-2/h8-9H,3-7H2,1-2H3;5-6H,2-4H2,1H3;2H2,1H3/t;6-;/m.0./s1. The van der Waals surface area contributed by atoms with Crippen molar-refractivity contribution in [3.05, 3.63) is 0 Å². The maximum Gasteiger partial charge on any atom is 0.137 e. The molecule has 0 aromatic rings. The zero-order valence-corrected chi connectivity index (χ0v) is 13.4. The van der Waals surface area contributed by atoms with Gasteiger partial charge < -0.3 is 10.5 Å². The first-order valence-corrected chi connectivity index (χ1v) is 7.88. The molecule has 2 N–H and O–H groups in total. The fourth-order valence-corrected chi connectivity index (χ4v) is 2.91. The Balaban J connectivity index is 0.000000303. The molecule has 2 rings (SSSR count). The smallest absolute Gasteiger partial charge is 0.137 e. The minimum atomic E-state index is 0.218.